The maximum Gasteiger partial charge on any atom is 0.251 e. The maximum absolute atomic E-state index is 12.8. The van der Waals surface area contributed by atoms with Crippen LogP contribution in [0.5, 0.6) is 5.75 Å². The molecule has 38 heavy (non-hydrogen) atoms. The van der Waals surface area contributed by atoms with Crippen molar-refractivity contribution in [3.63, 3.8) is 0 Å². The molecule has 0 saturated heterocycles. The second kappa shape index (κ2) is 12.0. The molecule has 3 aromatic carbocycles. The Morgan fingerprint density at radius 1 is 0.921 bits per heavy atom. The Bertz CT molecular complexity index is 1380. The Morgan fingerprint density at radius 3 is 2.24 bits per heavy atom. The fourth-order valence-electron chi connectivity index (χ4n) is 3.73. The van der Waals surface area contributed by atoms with Crippen molar-refractivity contribution >= 4 is 29.3 Å². The number of nitrogens with zero attached hydrogens (tertiary/aromatic N) is 3. The van der Waals surface area contributed by atoms with Crippen LogP contribution in [0.1, 0.15) is 42.5 Å². The number of methoxy groups -OCH3 is 1. The Balaban J connectivity index is 1.44. The monoisotopic (exact) mass is 529 g/mol. The molecule has 4 aromatic rings. The average Bonchev–Trinajstić information content (AvgIpc) is 3.34. The van der Waals surface area contributed by atoms with E-state index in [9.17, 15) is 9.59 Å². The minimum atomic E-state index is -0.193. The Labute approximate surface area is 226 Å². The third-order valence-corrected chi connectivity index (χ3v) is 6.77. The number of benzene rings is 3. The number of rotatable bonds is 9. The second-order valence-electron chi connectivity index (χ2n) is 9.65. The third-order valence-electron chi connectivity index (χ3n) is 5.84. The lowest BCUT2D eigenvalue weighted by atomic mass is 9.87. The molecule has 4 rings (SSSR count). The molecule has 2 N–H and O–H groups in total. The smallest absolute Gasteiger partial charge is 0.251 e. The summed E-state index contributed by atoms with van der Waals surface area (Å²) in [6.07, 6.45) is 0. The highest BCUT2D eigenvalue weighted by Gasteiger charge is 2.18. The van der Waals surface area contributed by atoms with Crippen LogP contribution in [-0.2, 0) is 16.8 Å². The van der Waals surface area contributed by atoms with E-state index in [4.69, 9.17) is 4.74 Å². The van der Waals surface area contributed by atoms with Crippen molar-refractivity contribution in [2.45, 2.75) is 37.9 Å². The van der Waals surface area contributed by atoms with Crippen LogP contribution in [0.3, 0.4) is 0 Å². The number of thioether (sulfide) groups is 1. The minimum Gasteiger partial charge on any atom is -0.497 e. The summed E-state index contributed by atoms with van der Waals surface area (Å²) in [5.74, 6) is 1.06. The molecule has 9 heteroatoms. The molecule has 0 unspecified atom stereocenters. The zero-order chi connectivity index (χ0) is 27.1. The van der Waals surface area contributed by atoms with Gasteiger partial charge in [-0.05, 0) is 59.5 Å². The number of carbonyl (C=O) groups excluding carboxylic acids is 2. The summed E-state index contributed by atoms with van der Waals surface area (Å²) < 4.78 is 7.01. The number of anilines is 1. The summed E-state index contributed by atoms with van der Waals surface area (Å²) in [5.41, 5.74) is 3.28. The molecule has 1 heterocycles. The van der Waals surface area contributed by atoms with Gasteiger partial charge in [0.15, 0.2) is 11.0 Å². The molecule has 0 aliphatic heterocycles. The zero-order valence-electron chi connectivity index (χ0n) is 21.9. The van der Waals surface area contributed by atoms with Gasteiger partial charge in [-0.15, -0.1) is 10.2 Å². The zero-order valence-corrected chi connectivity index (χ0v) is 22.7. The lowest BCUT2D eigenvalue weighted by molar-refractivity contribution is -0.113. The number of amides is 2. The van der Waals surface area contributed by atoms with Crippen molar-refractivity contribution in [3.8, 4) is 11.4 Å². The standard InChI is InChI=1S/C29H31N5O3S/c1-29(2,3)21-12-10-20(11-13-21)27(36)30-18-25-32-33-28(34(25)23-8-6-5-7-9-23)38-19-26(35)31-22-14-16-24(37-4)17-15-22/h5-17H,18-19H2,1-4H3,(H,30,36)(H,31,35). The van der Waals surface area contributed by atoms with Crippen molar-refractivity contribution in [1.29, 1.82) is 0 Å². The first kappa shape index (κ1) is 26.9. The van der Waals surface area contributed by atoms with Crippen LogP contribution >= 0.6 is 11.8 Å². The molecular formula is C29H31N5O3S. The number of para-hydroxylation sites is 1. The predicted molar refractivity (Wildman–Crippen MR) is 150 cm³/mol. The van der Waals surface area contributed by atoms with Gasteiger partial charge in [-0.3, -0.25) is 14.2 Å². The van der Waals surface area contributed by atoms with Crippen LogP contribution in [-0.4, -0.2) is 39.4 Å². The summed E-state index contributed by atoms with van der Waals surface area (Å²) >= 11 is 1.27. The summed E-state index contributed by atoms with van der Waals surface area (Å²) in [4.78, 5) is 25.4. The molecule has 8 nitrogen and oxygen atoms in total. The molecule has 0 bridgehead atoms. The fraction of sp³-hybridized carbons (Fsp3) is 0.241. The van der Waals surface area contributed by atoms with Crippen molar-refractivity contribution in [3.05, 3.63) is 95.8 Å². The van der Waals surface area contributed by atoms with Crippen LogP contribution in [0.25, 0.3) is 5.69 Å². The van der Waals surface area contributed by atoms with E-state index < -0.39 is 0 Å². The van der Waals surface area contributed by atoms with E-state index in [1.165, 1.54) is 11.8 Å². The number of hydrogen-bond acceptors (Lipinski definition) is 6. The highest BCUT2D eigenvalue weighted by Crippen LogP contribution is 2.24. The van der Waals surface area contributed by atoms with Gasteiger partial charge >= 0.3 is 0 Å². The first-order chi connectivity index (χ1) is 18.2. The number of nitrogens with one attached hydrogen (secondary N) is 2. The van der Waals surface area contributed by atoms with Gasteiger partial charge in [0.25, 0.3) is 5.91 Å². The van der Waals surface area contributed by atoms with E-state index >= 15 is 0 Å². The summed E-state index contributed by atoms with van der Waals surface area (Å²) in [7, 11) is 1.59. The van der Waals surface area contributed by atoms with E-state index in [0.29, 0.717) is 22.2 Å². The Morgan fingerprint density at radius 2 is 1.61 bits per heavy atom. The van der Waals surface area contributed by atoms with Gasteiger partial charge in [0.1, 0.15) is 5.75 Å². The van der Waals surface area contributed by atoms with Crippen LogP contribution in [0, 0.1) is 0 Å². The first-order valence-corrected chi connectivity index (χ1v) is 13.2. The molecule has 0 spiro atoms. The van der Waals surface area contributed by atoms with Gasteiger partial charge in [0, 0.05) is 16.9 Å². The topological polar surface area (TPSA) is 98.1 Å². The number of hydrogen-bond donors (Lipinski definition) is 2. The predicted octanol–water partition coefficient (Wildman–Crippen LogP) is 5.23. The van der Waals surface area contributed by atoms with Crippen molar-refractivity contribution in [2.24, 2.45) is 0 Å². The van der Waals surface area contributed by atoms with Crippen molar-refractivity contribution in [1.82, 2.24) is 20.1 Å². The summed E-state index contributed by atoms with van der Waals surface area (Å²) in [6.45, 7) is 6.59. The maximum atomic E-state index is 12.8. The molecule has 0 radical (unpaired) electrons. The molecule has 196 valence electrons. The summed E-state index contributed by atoms with van der Waals surface area (Å²) in [6, 6.07) is 24.4. The molecule has 0 aliphatic carbocycles. The summed E-state index contributed by atoms with van der Waals surface area (Å²) in [5, 5.41) is 15.0. The molecule has 2 amide bonds. The molecule has 0 aliphatic rings. The normalized spacial score (nSPS) is 11.2. The van der Waals surface area contributed by atoms with Gasteiger partial charge in [-0.2, -0.15) is 0 Å². The average molecular weight is 530 g/mol. The van der Waals surface area contributed by atoms with Gasteiger partial charge in [-0.25, -0.2) is 0 Å². The number of aromatic nitrogens is 3. The van der Waals surface area contributed by atoms with E-state index in [1.807, 2.05) is 59.2 Å². The lowest BCUT2D eigenvalue weighted by Gasteiger charge is -2.19. The quantitative estimate of drug-likeness (QED) is 0.288. The van der Waals surface area contributed by atoms with Crippen molar-refractivity contribution in [2.75, 3.05) is 18.2 Å². The van der Waals surface area contributed by atoms with Gasteiger partial charge < -0.3 is 15.4 Å². The fourth-order valence-corrected chi connectivity index (χ4v) is 4.50. The molecule has 0 atom stereocenters. The first-order valence-electron chi connectivity index (χ1n) is 12.2. The SMILES string of the molecule is COc1ccc(NC(=O)CSc2nnc(CNC(=O)c3ccc(C(C)(C)C)cc3)n2-c2ccccc2)cc1. The Kier molecular flexibility index (Phi) is 8.48. The van der Waals surface area contributed by atoms with E-state index in [-0.39, 0.29) is 29.5 Å². The minimum absolute atomic E-state index is 0.0146. The van der Waals surface area contributed by atoms with Crippen LogP contribution in [0.4, 0.5) is 5.69 Å². The van der Waals surface area contributed by atoms with Crippen LogP contribution in [0.2, 0.25) is 0 Å². The van der Waals surface area contributed by atoms with Gasteiger partial charge in [-0.1, -0.05) is 62.9 Å². The third kappa shape index (κ3) is 6.80. The second-order valence-corrected chi connectivity index (χ2v) is 10.6. The number of carbonyl (C=O) groups is 2. The highest BCUT2D eigenvalue weighted by molar-refractivity contribution is 7.99. The molecule has 0 saturated carbocycles. The van der Waals surface area contributed by atoms with E-state index in [0.717, 1.165) is 17.0 Å². The Hall–Kier alpha value is -4.11. The highest BCUT2D eigenvalue weighted by atomic mass is 32.2. The van der Waals surface area contributed by atoms with Gasteiger partial charge in [0.05, 0.1) is 19.4 Å². The lowest BCUT2D eigenvalue weighted by Crippen LogP contribution is -2.25. The number of ether oxygens (including phenoxy) is 1. The van der Waals surface area contributed by atoms with Gasteiger partial charge in [0.2, 0.25) is 5.91 Å². The van der Waals surface area contributed by atoms with Crippen LogP contribution < -0.4 is 15.4 Å². The van der Waals surface area contributed by atoms with E-state index in [1.54, 1.807) is 31.4 Å². The molecule has 0 fully saturated rings. The van der Waals surface area contributed by atoms with Crippen LogP contribution in [0.15, 0.2) is 84.0 Å². The largest absolute Gasteiger partial charge is 0.497 e. The van der Waals surface area contributed by atoms with Crippen molar-refractivity contribution < 1.29 is 14.3 Å². The molecular weight excluding hydrogens is 498 g/mol. The van der Waals surface area contributed by atoms with E-state index in [2.05, 4.69) is 41.6 Å². The molecule has 1 aromatic heterocycles.